The predicted octanol–water partition coefficient (Wildman–Crippen LogP) is 0.762. The highest BCUT2D eigenvalue weighted by Crippen LogP contribution is 2.18. The van der Waals surface area contributed by atoms with E-state index >= 15 is 0 Å². The van der Waals surface area contributed by atoms with Gasteiger partial charge in [0.1, 0.15) is 0 Å². The van der Waals surface area contributed by atoms with Crippen molar-refractivity contribution < 1.29 is 4.79 Å². The minimum Gasteiger partial charge on any atom is -0.346 e. The van der Waals surface area contributed by atoms with Gasteiger partial charge in [-0.2, -0.15) is 0 Å². The SMILES string of the molecule is CC(NC(=O)C1CNCC1C)c1nnc2ccccn12. The Balaban J connectivity index is 1.76. The number of nitrogens with zero attached hydrogens (tertiary/aromatic N) is 3. The van der Waals surface area contributed by atoms with Gasteiger partial charge in [-0.1, -0.05) is 13.0 Å². The molecule has 6 heteroatoms. The molecule has 106 valence electrons. The second-order valence-corrected chi connectivity index (χ2v) is 5.46. The second-order valence-electron chi connectivity index (χ2n) is 5.46. The monoisotopic (exact) mass is 273 g/mol. The van der Waals surface area contributed by atoms with Crippen molar-refractivity contribution in [3.63, 3.8) is 0 Å². The Morgan fingerprint density at radius 2 is 2.30 bits per heavy atom. The first-order chi connectivity index (χ1) is 9.66. The molecule has 0 saturated carbocycles. The summed E-state index contributed by atoms with van der Waals surface area (Å²) >= 11 is 0. The van der Waals surface area contributed by atoms with E-state index in [0.29, 0.717) is 5.92 Å². The van der Waals surface area contributed by atoms with Crippen LogP contribution >= 0.6 is 0 Å². The number of pyridine rings is 1. The van der Waals surface area contributed by atoms with Crippen LogP contribution in [0.4, 0.5) is 0 Å². The number of hydrogen-bond acceptors (Lipinski definition) is 4. The van der Waals surface area contributed by atoms with E-state index in [1.54, 1.807) is 0 Å². The smallest absolute Gasteiger partial charge is 0.225 e. The van der Waals surface area contributed by atoms with Crippen molar-refractivity contribution in [1.29, 1.82) is 0 Å². The molecule has 2 aromatic heterocycles. The summed E-state index contributed by atoms with van der Waals surface area (Å²) in [4.78, 5) is 12.3. The van der Waals surface area contributed by atoms with Crippen LogP contribution in [0.5, 0.6) is 0 Å². The molecule has 0 spiro atoms. The van der Waals surface area contributed by atoms with E-state index in [4.69, 9.17) is 0 Å². The number of aromatic nitrogens is 3. The molecule has 2 N–H and O–H groups in total. The van der Waals surface area contributed by atoms with Gasteiger partial charge in [-0.05, 0) is 31.5 Å². The Bertz CT molecular complexity index is 623. The van der Waals surface area contributed by atoms with Crippen LogP contribution in [0.25, 0.3) is 5.65 Å². The molecule has 1 aliphatic rings. The molecule has 3 heterocycles. The molecule has 1 fully saturated rings. The summed E-state index contributed by atoms with van der Waals surface area (Å²) in [6.45, 7) is 5.69. The van der Waals surface area contributed by atoms with Crippen molar-refractivity contribution in [2.45, 2.75) is 19.9 Å². The van der Waals surface area contributed by atoms with Crippen LogP contribution in [-0.2, 0) is 4.79 Å². The van der Waals surface area contributed by atoms with Crippen molar-refractivity contribution in [3.8, 4) is 0 Å². The lowest BCUT2D eigenvalue weighted by Gasteiger charge is -2.18. The average Bonchev–Trinajstić information content (AvgIpc) is 3.04. The number of rotatable bonds is 3. The summed E-state index contributed by atoms with van der Waals surface area (Å²) in [6.07, 6.45) is 1.91. The molecule has 3 unspecified atom stereocenters. The summed E-state index contributed by atoms with van der Waals surface area (Å²) in [5.41, 5.74) is 0.791. The fraction of sp³-hybridized carbons (Fsp3) is 0.500. The molecule has 1 saturated heterocycles. The lowest BCUT2D eigenvalue weighted by Crippen LogP contribution is -2.36. The Labute approximate surface area is 117 Å². The van der Waals surface area contributed by atoms with Crippen molar-refractivity contribution >= 4 is 11.6 Å². The first kappa shape index (κ1) is 13.1. The molecule has 3 atom stereocenters. The normalized spacial score (nSPS) is 23.9. The Morgan fingerprint density at radius 3 is 3.05 bits per heavy atom. The third kappa shape index (κ3) is 2.27. The van der Waals surface area contributed by atoms with Gasteiger partial charge in [-0.3, -0.25) is 9.20 Å². The summed E-state index contributed by atoms with van der Waals surface area (Å²) in [7, 11) is 0. The maximum Gasteiger partial charge on any atom is 0.225 e. The number of nitrogens with one attached hydrogen (secondary N) is 2. The molecule has 3 rings (SSSR count). The van der Waals surface area contributed by atoms with Gasteiger partial charge < -0.3 is 10.6 Å². The fourth-order valence-electron chi connectivity index (χ4n) is 2.70. The van der Waals surface area contributed by atoms with E-state index in [1.165, 1.54) is 0 Å². The highest BCUT2D eigenvalue weighted by Gasteiger charge is 2.30. The van der Waals surface area contributed by atoms with Crippen molar-refractivity contribution in [3.05, 3.63) is 30.2 Å². The highest BCUT2D eigenvalue weighted by molar-refractivity contribution is 5.79. The molecule has 1 amide bonds. The molecule has 2 aromatic rings. The van der Waals surface area contributed by atoms with E-state index in [2.05, 4.69) is 27.8 Å². The van der Waals surface area contributed by atoms with E-state index < -0.39 is 0 Å². The van der Waals surface area contributed by atoms with E-state index in [0.717, 1.165) is 24.6 Å². The molecule has 0 bridgehead atoms. The summed E-state index contributed by atoms with van der Waals surface area (Å²) in [5.74, 6) is 1.25. The standard InChI is InChI=1S/C14H19N5O/c1-9-7-15-8-11(9)14(20)16-10(2)13-18-17-12-5-3-4-6-19(12)13/h3-6,9-11,15H,7-8H2,1-2H3,(H,16,20). The van der Waals surface area contributed by atoms with Crippen LogP contribution in [0.1, 0.15) is 25.7 Å². The van der Waals surface area contributed by atoms with Gasteiger partial charge in [-0.15, -0.1) is 10.2 Å². The molecule has 6 nitrogen and oxygen atoms in total. The average molecular weight is 273 g/mol. The lowest BCUT2D eigenvalue weighted by atomic mass is 9.97. The van der Waals surface area contributed by atoms with Gasteiger partial charge >= 0.3 is 0 Å². The van der Waals surface area contributed by atoms with E-state index in [1.807, 2.05) is 35.7 Å². The number of carbonyl (C=O) groups excluding carboxylic acids is 1. The summed E-state index contributed by atoms with van der Waals surface area (Å²) < 4.78 is 1.90. The zero-order chi connectivity index (χ0) is 14.1. The van der Waals surface area contributed by atoms with Crippen molar-refractivity contribution in [2.75, 3.05) is 13.1 Å². The second kappa shape index (κ2) is 5.20. The van der Waals surface area contributed by atoms with Gasteiger partial charge in [0.25, 0.3) is 0 Å². The third-order valence-corrected chi connectivity index (χ3v) is 3.94. The minimum absolute atomic E-state index is 0.0386. The van der Waals surface area contributed by atoms with Crippen LogP contribution in [0.3, 0.4) is 0 Å². The highest BCUT2D eigenvalue weighted by atomic mass is 16.2. The van der Waals surface area contributed by atoms with Gasteiger partial charge in [-0.25, -0.2) is 0 Å². The van der Waals surface area contributed by atoms with E-state index in [-0.39, 0.29) is 17.9 Å². The van der Waals surface area contributed by atoms with Gasteiger partial charge in [0.2, 0.25) is 5.91 Å². The molecule has 0 radical (unpaired) electrons. The summed E-state index contributed by atoms with van der Waals surface area (Å²) in [5, 5.41) is 14.6. The number of carbonyl (C=O) groups is 1. The first-order valence-electron chi connectivity index (χ1n) is 6.97. The van der Waals surface area contributed by atoms with Gasteiger partial charge in [0, 0.05) is 12.7 Å². The van der Waals surface area contributed by atoms with Crippen molar-refractivity contribution in [1.82, 2.24) is 25.2 Å². The molecule has 0 aromatic carbocycles. The molecule has 20 heavy (non-hydrogen) atoms. The number of amides is 1. The van der Waals surface area contributed by atoms with Crippen LogP contribution in [0.2, 0.25) is 0 Å². The van der Waals surface area contributed by atoms with E-state index in [9.17, 15) is 4.79 Å². The Hall–Kier alpha value is -1.95. The predicted molar refractivity (Wildman–Crippen MR) is 75.1 cm³/mol. The molecular formula is C14H19N5O. The largest absolute Gasteiger partial charge is 0.346 e. The molecule has 0 aliphatic carbocycles. The van der Waals surface area contributed by atoms with Crippen molar-refractivity contribution in [2.24, 2.45) is 11.8 Å². The van der Waals surface area contributed by atoms with Crippen LogP contribution in [0, 0.1) is 11.8 Å². The minimum atomic E-state index is -0.160. The maximum absolute atomic E-state index is 12.3. The lowest BCUT2D eigenvalue weighted by molar-refractivity contribution is -0.126. The third-order valence-electron chi connectivity index (χ3n) is 3.94. The topological polar surface area (TPSA) is 71.3 Å². The first-order valence-corrected chi connectivity index (χ1v) is 6.97. The molecular weight excluding hydrogens is 254 g/mol. The van der Waals surface area contributed by atoms with Gasteiger partial charge in [0.15, 0.2) is 11.5 Å². The Kier molecular flexibility index (Phi) is 3.40. The zero-order valence-corrected chi connectivity index (χ0v) is 11.7. The van der Waals surface area contributed by atoms with Crippen LogP contribution in [-0.4, -0.2) is 33.6 Å². The zero-order valence-electron chi connectivity index (χ0n) is 11.7. The number of fused-ring (bicyclic) bond motifs is 1. The van der Waals surface area contributed by atoms with Crippen LogP contribution in [0.15, 0.2) is 24.4 Å². The van der Waals surface area contributed by atoms with Gasteiger partial charge in [0.05, 0.1) is 12.0 Å². The Morgan fingerprint density at radius 1 is 1.45 bits per heavy atom. The quantitative estimate of drug-likeness (QED) is 0.866. The summed E-state index contributed by atoms with van der Waals surface area (Å²) in [6, 6.07) is 5.58. The fourth-order valence-corrected chi connectivity index (χ4v) is 2.70. The van der Waals surface area contributed by atoms with Crippen LogP contribution < -0.4 is 10.6 Å². The number of hydrogen-bond donors (Lipinski definition) is 2. The molecule has 1 aliphatic heterocycles. The maximum atomic E-state index is 12.3.